The van der Waals surface area contributed by atoms with Crippen molar-refractivity contribution in [3.63, 3.8) is 0 Å². The Morgan fingerprint density at radius 1 is 1.19 bits per heavy atom. The fourth-order valence-corrected chi connectivity index (χ4v) is 4.21. The molecular weight excluding hydrogens is 438 g/mol. The van der Waals surface area contributed by atoms with Gasteiger partial charge in [-0.05, 0) is 31.5 Å². The number of carbonyl (C=O) groups is 3. The number of aromatic nitrogens is 2. The van der Waals surface area contributed by atoms with Crippen molar-refractivity contribution >= 4 is 40.6 Å². The number of halogens is 1. The molecule has 0 radical (unpaired) electrons. The second-order valence-electron chi connectivity index (χ2n) is 6.98. The molecule has 0 bridgehead atoms. The van der Waals surface area contributed by atoms with Gasteiger partial charge < -0.3 is 10.1 Å². The minimum Gasteiger partial charge on any atom is -0.450 e. The van der Waals surface area contributed by atoms with Crippen LogP contribution in [0, 0.1) is 6.92 Å². The molecule has 162 valence electrons. The van der Waals surface area contributed by atoms with Crippen LogP contribution in [0.4, 0.5) is 0 Å². The summed E-state index contributed by atoms with van der Waals surface area (Å²) in [7, 11) is 0. The summed E-state index contributed by atoms with van der Waals surface area (Å²) in [5.74, 6) is -1.17. The van der Waals surface area contributed by atoms with Crippen molar-refractivity contribution < 1.29 is 19.1 Å². The summed E-state index contributed by atoms with van der Waals surface area (Å²) >= 11 is 7.65. The number of Topliss-reactive ketones (excluding diaryl/α,β-unsaturated/α-hetero) is 1. The van der Waals surface area contributed by atoms with E-state index in [2.05, 4.69) is 10.4 Å². The summed E-state index contributed by atoms with van der Waals surface area (Å²) in [6.07, 6.45) is -0.993. The van der Waals surface area contributed by atoms with Crippen LogP contribution in [0.15, 0.2) is 42.5 Å². The second-order valence-corrected chi connectivity index (χ2v) is 8.51. The Bertz CT molecular complexity index is 1110. The Labute approximate surface area is 189 Å². The minimum absolute atomic E-state index is 0.148. The number of benzene rings is 1. The largest absolute Gasteiger partial charge is 0.450 e. The highest BCUT2D eigenvalue weighted by Crippen LogP contribution is 2.24. The van der Waals surface area contributed by atoms with Gasteiger partial charge in [0.2, 0.25) is 11.7 Å². The molecule has 1 aromatic carbocycles. The zero-order chi connectivity index (χ0) is 22.5. The van der Waals surface area contributed by atoms with Crippen LogP contribution in [-0.4, -0.2) is 33.5 Å². The average Bonchev–Trinajstić information content (AvgIpc) is 3.31. The molecule has 9 heteroatoms. The summed E-state index contributed by atoms with van der Waals surface area (Å²) in [6.45, 7) is 5.37. The van der Waals surface area contributed by atoms with E-state index in [1.807, 2.05) is 30.3 Å². The van der Waals surface area contributed by atoms with E-state index in [9.17, 15) is 14.4 Å². The lowest BCUT2D eigenvalue weighted by molar-refractivity contribution is -0.119. The molecule has 0 saturated heterocycles. The van der Waals surface area contributed by atoms with Crippen LogP contribution >= 0.6 is 22.9 Å². The molecule has 0 aliphatic heterocycles. The third-order valence-corrected chi connectivity index (χ3v) is 6.00. The molecule has 0 spiro atoms. The van der Waals surface area contributed by atoms with Crippen molar-refractivity contribution in [2.75, 3.05) is 0 Å². The van der Waals surface area contributed by atoms with E-state index >= 15 is 0 Å². The quantitative estimate of drug-likeness (QED) is 0.406. The lowest BCUT2D eigenvalue weighted by Gasteiger charge is -2.11. The lowest BCUT2D eigenvalue weighted by Crippen LogP contribution is -2.24. The first kappa shape index (κ1) is 22.7. The van der Waals surface area contributed by atoms with E-state index in [-0.39, 0.29) is 22.4 Å². The van der Waals surface area contributed by atoms with E-state index in [1.165, 1.54) is 29.9 Å². The zero-order valence-corrected chi connectivity index (χ0v) is 18.9. The predicted molar refractivity (Wildman–Crippen MR) is 119 cm³/mol. The van der Waals surface area contributed by atoms with Crippen molar-refractivity contribution in [2.24, 2.45) is 0 Å². The Morgan fingerprint density at radius 2 is 1.90 bits per heavy atom. The number of hydrogen-bond donors (Lipinski definition) is 1. The molecule has 1 unspecified atom stereocenters. The molecule has 3 rings (SSSR count). The van der Waals surface area contributed by atoms with E-state index in [4.69, 9.17) is 16.3 Å². The first-order valence-corrected chi connectivity index (χ1v) is 10.8. The molecule has 31 heavy (non-hydrogen) atoms. The van der Waals surface area contributed by atoms with E-state index < -0.39 is 12.1 Å². The van der Waals surface area contributed by atoms with E-state index in [0.29, 0.717) is 23.7 Å². The molecule has 7 nitrogen and oxygen atoms in total. The van der Waals surface area contributed by atoms with E-state index in [1.54, 1.807) is 19.1 Å². The van der Waals surface area contributed by atoms with Crippen molar-refractivity contribution in [1.82, 2.24) is 15.1 Å². The number of amides is 1. The Balaban J connectivity index is 1.68. The third-order valence-electron chi connectivity index (χ3n) is 4.51. The second kappa shape index (κ2) is 9.89. The van der Waals surface area contributed by atoms with Crippen LogP contribution in [0.1, 0.15) is 50.0 Å². The summed E-state index contributed by atoms with van der Waals surface area (Å²) < 4.78 is 6.93. The normalized spacial score (nSPS) is 11.7. The molecule has 2 heterocycles. The maximum Gasteiger partial charge on any atom is 0.343 e. The van der Waals surface area contributed by atoms with Crippen molar-refractivity contribution in [1.29, 1.82) is 0 Å². The highest BCUT2D eigenvalue weighted by molar-refractivity contribution is 7.14. The van der Waals surface area contributed by atoms with Crippen LogP contribution in [0.25, 0.3) is 0 Å². The first-order chi connectivity index (χ1) is 14.8. The van der Waals surface area contributed by atoms with Gasteiger partial charge in [0.1, 0.15) is 10.7 Å². The number of esters is 1. The Morgan fingerprint density at radius 3 is 2.58 bits per heavy atom. The number of aryl methyl sites for hydroxylation is 1. The summed E-state index contributed by atoms with van der Waals surface area (Å²) in [5, 5.41) is 7.19. The van der Waals surface area contributed by atoms with Crippen LogP contribution < -0.4 is 5.32 Å². The third kappa shape index (κ3) is 5.59. The molecule has 2 aromatic heterocycles. The first-order valence-electron chi connectivity index (χ1n) is 9.61. The fraction of sp³-hybridized carbons (Fsp3) is 0.273. The van der Waals surface area contributed by atoms with Gasteiger partial charge in [-0.3, -0.25) is 9.59 Å². The maximum atomic E-state index is 12.7. The Hall–Kier alpha value is -2.97. The van der Waals surface area contributed by atoms with Gasteiger partial charge in [-0.25, -0.2) is 9.48 Å². The minimum atomic E-state index is -0.993. The molecule has 1 N–H and O–H groups in total. The van der Waals surface area contributed by atoms with Crippen LogP contribution in [0.5, 0.6) is 0 Å². The zero-order valence-electron chi connectivity index (χ0n) is 17.3. The summed E-state index contributed by atoms with van der Waals surface area (Å²) in [5.41, 5.74) is 1.57. The van der Waals surface area contributed by atoms with Gasteiger partial charge >= 0.3 is 5.97 Å². The van der Waals surface area contributed by atoms with Gasteiger partial charge in [-0.15, -0.1) is 11.3 Å². The highest BCUT2D eigenvalue weighted by Gasteiger charge is 2.27. The van der Waals surface area contributed by atoms with Gasteiger partial charge in [-0.1, -0.05) is 41.9 Å². The number of ketones is 1. The fourth-order valence-electron chi connectivity index (χ4n) is 2.94. The molecule has 1 amide bonds. The molecule has 0 saturated carbocycles. The topological polar surface area (TPSA) is 90.3 Å². The number of thiophene rings is 1. The number of nitrogens with zero attached hydrogens (tertiary/aromatic N) is 2. The van der Waals surface area contributed by atoms with Crippen LogP contribution in [-0.2, 0) is 22.6 Å². The van der Waals surface area contributed by atoms with Crippen molar-refractivity contribution in [2.45, 2.75) is 40.0 Å². The van der Waals surface area contributed by atoms with Crippen LogP contribution in [0.2, 0.25) is 5.15 Å². The van der Waals surface area contributed by atoms with Crippen molar-refractivity contribution in [3.8, 4) is 0 Å². The highest BCUT2D eigenvalue weighted by atomic mass is 35.5. The standard InChI is InChI=1S/C22H22ClN3O4S/c1-13-19(21(23)26(25-13)12-16-7-5-4-6-8-16)22(29)30-14(2)20(28)18-10-9-17(31-18)11-24-15(3)27/h4-10,14H,11-12H2,1-3H3,(H,24,27). The number of hydrogen-bond acceptors (Lipinski definition) is 6. The van der Waals surface area contributed by atoms with Gasteiger partial charge in [0.25, 0.3) is 0 Å². The number of carbonyl (C=O) groups excluding carboxylic acids is 3. The average molecular weight is 460 g/mol. The number of ether oxygens (including phenoxy) is 1. The maximum absolute atomic E-state index is 12.7. The SMILES string of the molecule is CC(=O)NCc1ccc(C(=O)C(C)OC(=O)c2c(C)nn(Cc3ccccc3)c2Cl)s1. The molecular formula is C22H22ClN3O4S. The summed E-state index contributed by atoms with van der Waals surface area (Å²) in [4.78, 5) is 37.7. The van der Waals surface area contributed by atoms with Gasteiger partial charge in [0, 0.05) is 11.8 Å². The lowest BCUT2D eigenvalue weighted by atomic mass is 10.2. The molecule has 3 aromatic rings. The summed E-state index contributed by atoms with van der Waals surface area (Å²) in [6, 6.07) is 13.0. The van der Waals surface area contributed by atoms with Crippen LogP contribution in [0.3, 0.4) is 0 Å². The molecule has 0 fully saturated rings. The Kier molecular flexibility index (Phi) is 7.25. The molecule has 0 aliphatic rings. The monoisotopic (exact) mass is 459 g/mol. The van der Waals surface area contributed by atoms with Gasteiger partial charge in [0.05, 0.1) is 23.7 Å². The number of nitrogens with one attached hydrogen (secondary N) is 1. The molecule has 0 aliphatic carbocycles. The van der Waals surface area contributed by atoms with Crippen molar-refractivity contribution in [3.05, 3.63) is 74.2 Å². The van der Waals surface area contributed by atoms with Gasteiger partial charge in [0.15, 0.2) is 6.10 Å². The van der Waals surface area contributed by atoms with Gasteiger partial charge in [-0.2, -0.15) is 5.10 Å². The number of rotatable bonds is 8. The predicted octanol–water partition coefficient (Wildman–Crippen LogP) is 4.02. The molecule has 1 atom stereocenters. The smallest absolute Gasteiger partial charge is 0.343 e. The van der Waals surface area contributed by atoms with E-state index in [0.717, 1.165) is 10.4 Å².